The van der Waals surface area contributed by atoms with E-state index in [4.69, 9.17) is 5.73 Å². The van der Waals surface area contributed by atoms with Gasteiger partial charge in [-0.15, -0.1) is 0 Å². The van der Waals surface area contributed by atoms with Gasteiger partial charge < -0.3 is 5.73 Å². The van der Waals surface area contributed by atoms with Gasteiger partial charge in [0.25, 0.3) is 0 Å². The van der Waals surface area contributed by atoms with Crippen LogP contribution in [0.4, 0.5) is 0 Å². The summed E-state index contributed by atoms with van der Waals surface area (Å²) in [6.45, 7) is 11.1. The van der Waals surface area contributed by atoms with E-state index in [-0.39, 0.29) is 5.54 Å². The summed E-state index contributed by atoms with van der Waals surface area (Å²) in [7, 11) is 0. The molecular formula is C18H30N2. The van der Waals surface area contributed by atoms with Crippen molar-refractivity contribution >= 4 is 0 Å². The molecule has 2 heteroatoms. The van der Waals surface area contributed by atoms with E-state index in [0.717, 1.165) is 25.9 Å². The molecule has 112 valence electrons. The molecule has 0 amide bonds. The van der Waals surface area contributed by atoms with Crippen LogP contribution in [-0.2, 0) is 12.8 Å². The first-order chi connectivity index (χ1) is 9.48. The zero-order valence-electron chi connectivity index (χ0n) is 13.5. The maximum absolute atomic E-state index is 6.27. The van der Waals surface area contributed by atoms with Gasteiger partial charge in [-0.05, 0) is 50.2 Å². The monoisotopic (exact) mass is 274 g/mol. The van der Waals surface area contributed by atoms with E-state index in [2.05, 4.69) is 56.9 Å². The number of aryl methyl sites for hydroxylation is 1. The number of nitrogens with two attached hydrogens (primary N) is 1. The molecule has 0 heterocycles. The molecule has 1 aromatic carbocycles. The SMILES string of the molecule is CC(C)CN(C(C)C)C1(CN)CCc2ccccc2C1. The molecule has 2 nitrogen and oxygen atoms in total. The summed E-state index contributed by atoms with van der Waals surface area (Å²) in [5.74, 6) is 0.679. The minimum absolute atomic E-state index is 0.146. The molecule has 1 aliphatic carbocycles. The molecule has 1 unspecified atom stereocenters. The third-order valence-electron chi connectivity index (χ3n) is 4.67. The fourth-order valence-corrected chi connectivity index (χ4v) is 3.67. The summed E-state index contributed by atoms with van der Waals surface area (Å²) in [5.41, 5.74) is 9.43. The highest BCUT2D eigenvalue weighted by Crippen LogP contribution is 2.34. The quantitative estimate of drug-likeness (QED) is 0.893. The second-order valence-electron chi connectivity index (χ2n) is 7.01. The minimum Gasteiger partial charge on any atom is -0.329 e. The van der Waals surface area contributed by atoms with Gasteiger partial charge in [0, 0.05) is 24.7 Å². The lowest BCUT2D eigenvalue weighted by Gasteiger charge is -2.49. The van der Waals surface area contributed by atoms with Crippen LogP contribution >= 0.6 is 0 Å². The molecule has 0 spiro atoms. The van der Waals surface area contributed by atoms with Crippen molar-refractivity contribution in [3.05, 3.63) is 35.4 Å². The smallest absolute Gasteiger partial charge is 0.0378 e. The van der Waals surface area contributed by atoms with Crippen LogP contribution in [0.3, 0.4) is 0 Å². The highest BCUT2D eigenvalue weighted by atomic mass is 15.2. The van der Waals surface area contributed by atoms with Gasteiger partial charge in [-0.3, -0.25) is 4.90 Å². The average molecular weight is 274 g/mol. The third-order valence-corrected chi connectivity index (χ3v) is 4.67. The van der Waals surface area contributed by atoms with E-state index >= 15 is 0 Å². The lowest BCUT2D eigenvalue weighted by Crippen LogP contribution is -2.60. The Morgan fingerprint density at radius 2 is 1.80 bits per heavy atom. The minimum atomic E-state index is 0.146. The summed E-state index contributed by atoms with van der Waals surface area (Å²) < 4.78 is 0. The fraction of sp³-hybridized carbons (Fsp3) is 0.667. The molecule has 1 atom stereocenters. The normalized spacial score (nSPS) is 22.6. The number of benzene rings is 1. The predicted molar refractivity (Wildman–Crippen MR) is 86.9 cm³/mol. The molecule has 0 bridgehead atoms. The van der Waals surface area contributed by atoms with Gasteiger partial charge in [-0.1, -0.05) is 38.1 Å². The molecule has 1 aromatic rings. The summed E-state index contributed by atoms with van der Waals surface area (Å²) >= 11 is 0. The van der Waals surface area contributed by atoms with Crippen LogP contribution in [0.1, 0.15) is 45.2 Å². The van der Waals surface area contributed by atoms with Crippen molar-refractivity contribution in [2.45, 2.75) is 58.5 Å². The zero-order chi connectivity index (χ0) is 14.8. The molecule has 0 aromatic heterocycles. The third kappa shape index (κ3) is 3.07. The number of nitrogens with zero attached hydrogens (tertiary/aromatic N) is 1. The molecule has 2 rings (SSSR count). The van der Waals surface area contributed by atoms with Crippen molar-refractivity contribution in [1.29, 1.82) is 0 Å². The van der Waals surface area contributed by atoms with Crippen LogP contribution in [0, 0.1) is 5.92 Å². The van der Waals surface area contributed by atoms with E-state index in [9.17, 15) is 0 Å². The number of fused-ring (bicyclic) bond motifs is 1. The first-order valence-electron chi connectivity index (χ1n) is 8.02. The average Bonchev–Trinajstić information content (AvgIpc) is 2.43. The lowest BCUT2D eigenvalue weighted by atomic mass is 9.76. The van der Waals surface area contributed by atoms with Gasteiger partial charge in [0.15, 0.2) is 0 Å². The Labute approximate surface area is 124 Å². The first-order valence-corrected chi connectivity index (χ1v) is 8.02. The van der Waals surface area contributed by atoms with Gasteiger partial charge in [0.2, 0.25) is 0 Å². The molecule has 0 aliphatic heterocycles. The number of hydrogen-bond donors (Lipinski definition) is 1. The fourth-order valence-electron chi connectivity index (χ4n) is 3.67. The molecule has 2 N–H and O–H groups in total. The second-order valence-corrected chi connectivity index (χ2v) is 7.01. The molecule has 0 fully saturated rings. The summed E-state index contributed by atoms with van der Waals surface area (Å²) in [5, 5.41) is 0. The maximum Gasteiger partial charge on any atom is 0.0378 e. The van der Waals surface area contributed by atoms with Crippen LogP contribution in [0.5, 0.6) is 0 Å². The van der Waals surface area contributed by atoms with Gasteiger partial charge in [-0.25, -0.2) is 0 Å². The topological polar surface area (TPSA) is 29.3 Å². The summed E-state index contributed by atoms with van der Waals surface area (Å²) in [4.78, 5) is 2.66. The largest absolute Gasteiger partial charge is 0.329 e. The Kier molecular flexibility index (Phi) is 4.87. The van der Waals surface area contributed by atoms with Gasteiger partial charge in [0.1, 0.15) is 0 Å². The number of rotatable bonds is 5. The highest BCUT2D eigenvalue weighted by molar-refractivity contribution is 5.32. The van der Waals surface area contributed by atoms with Crippen LogP contribution in [0.25, 0.3) is 0 Å². The Balaban J connectivity index is 2.30. The Bertz CT molecular complexity index is 439. The van der Waals surface area contributed by atoms with Crippen LogP contribution in [0.2, 0.25) is 0 Å². The van der Waals surface area contributed by atoms with Gasteiger partial charge in [-0.2, -0.15) is 0 Å². The van der Waals surface area contributed by atoms with Crippen molar-refractivity contribution < 1.29 is 0 Å². The van der Waals surface area contributed by atoms with E-state index < -0.39 is 0 Å². The first kappa shape index (κ1) is 15.5. The van der Waals surface area contributed by atoms with Crippen LogP contribution in [0.15, 0.2) is 24.3 Å². The van der Waals surface area contributed by atoms with Crippen molar-refractivity contribution in [3.63, 3.8) is 0 Å². The molecular weight excluding hydrogens is 244 g/mol. The standard InChI is InChI=1S/C18H30N2/c1-14(2)12-20(15(3)4)18(13-19)10-9-16-7-5-6-8-17(16)11-18/h5-8,14-15H,9-13,19H2,1-4H3. The zero-order valence-corrected chi connectivity index (χ0v) is 13.5. The van der Waals surface area contributed by atoms with E-state index in [0.29, 0.717) is 12.0 Å². The molecule has 0 radical (unpaired) electrons. The van der Waals surface area contributed by atoms with Gasteiger partial charge >= 0.3 is 0 Å². The summed E-state index contributed by atoms with van der Waals surface area (Å²) in [6.07, 6.45) is 3.45. The molecule has 20 heavy (non-hydrogen) atoms. The molecule has 1 aliphatic rings. The predicted octanol–water partition coefficient (Wildman–Crippen LogP) is 3.24. The van der Waals surface area contributed by atoms with E-state index in [1.54, 1.807) is 0 Å². The van der Waals surface area contributed by atoms with Crippen LogP contribution < -0.4 is 5.73 Å². The van der Waals surface area contributed by atoms with E-state index in [1.165, 1.54) is 17.5 Å². The van der Waals surface area contributed by atoms with Crippen molar-refractivity contribution in [2.75, 3.05) is 13.1 Å². The molecule has 0 saturated carbocycles. The Morgan fingerprint density at radius 3 is 2.35 bits per heavy atom. The maximum atomic E-state index is 6.27. The summed E-state index contributed by atoms with van der Waals surface area (Å²) in [6, 6.07) is 9.42. The Hall–Kier alpha value is -0.860. The van der Waals surface area contributed by atoms with Crippen LogP contribution in [-0.4, -0.2) is 29.6 Å². The molecule has 0 saturated heterocycles. The highest BCUT2D eigenvalue weighted by Gasteiger charge is 2.39. The van der Waals surface area contributed by atoms with Crippen molar-refractivity contribution in [2.24, 2.45) is 11.7 Å². The van der Waals surface area contributed by atoms with E-state index in [1.807, 2.05) is 0 Å². The van der Waals surface area contributed by atoms with Gasteiger partial charge in [0.05, 0.1) is 0 Å². The van der Waals surface area contributed by atoms with Crippen molar-refractivity contribution in [3.8, 4) is 0 Å². The number of hydrogen-bond acceptors (Lipinski definition) is 2. The van der Waals surface area contributed by atoms with Crippen molar-refractivity contribution in [1.82, 2.24) is 4.90 Å². The second kappa shape index (κ2) is 6.28. The Morgan fingerprint density at radius 1 is 1.15 bits per heavy atom. The lowest BCUT2D eigenvalue weighted by molar-refractivity contribution is 0.0378.